The van der Waals surface area contributed by atoms with E-state index in [1.807, 2.05) is 0 Å². The van der Waals surface area contributed by atoms with E-state index >= 15 is 0 Å². The van der Waals surface area contributed by atoms with Crippen molar-refractivity contribution in [3.05, 3.63) is 24.3 Å². The molecule has 2 atom stereocenters. The van der Waals surface area contributed by atoms with Crippen molar-refractivity contribution in [2.75, 3.05) is 12.4 Å². The van der Waals surface area contributed by atoms with Gasteiger partial charge in [0.15, 0.2) is 0 Å². The largest absolute Gasteiger partial charge is 0.497 e. The third kappa shape index (κ3) is 3.97. The zero-order valence-electron chi connectivity index (χ0n) is 12.2. The van der Waals surface area contributed by atoms with E-state index in [-0.39, 0.29) is 5.78 Å². The number of methoxy groups -OCH3 is 1. The zero-order valence-corrected chi connectivity index (χ0v) is 12.2. The second-order valence-corrected chi connectivity index (χ2v) is 5.36. The van der Waals surface area contributed by atoms with Gasteiger partial charge < -0.3 is 15.2 Å². The fraction of sp³-hybridized carbons (Fsp3) is 0.500. The highest BCUT2D eigenvalue weighted by Gasteiger charge is 2.33. The summed E-state index contributed by atoms with van der Waals surface area (Å²) in [6.07, 6.45) is 3.89. The lowest BCUT2D eigenvalue weighted by molar-refractivity contribution is -0.141. The summed E-state index contributed by atoms with van der Waals surface area (Å²) in [5.41, 5.74) is 0.681. The van der Waals surface area contributed by atoms with E-state index in [1.165, 1.54) is 0 Å². The molecule has 1 aliphatic carbocycles. The maximum Gasteiger partial charge on any atom is 0.326 e. The number of carbonyl (C=O) groups is 2. The van der Waals surface area contributed by atoms with Crippen LogP contribution in [0.1, 0.15) is 32.1 Å². The Morgan fingerprint density at radius 3 is 2.62 bits per heavy atom. The molecule has 1 fully saturated rings. The maximum absolute atomic E-state index is 12.1. The van der Waals surface area contributed by atoms with Crippen LogP contribution in [0, 0.1) is 5.92 Å². The quantitative estimate of drug-likeness (QED) is 0.816. The van der Waals surface area contributed by atoms with E-state index in [2.05, 4.69) is 5.32 Å². The van der Waals surface area contributed by atoms with Gasteiger partial charge in [-0.15, -0.1) is 0 Å². The highest BCUT2D eigenvalue weighted by atomic mass is 16.5. The van der Waals surface area contributed by atoms with Crippen molar-refractivity contribution in [1.82, 2.24) is 0 Å². The van der Waals surface area contributed by atoms with Gasteiger partial charge in [-0.25, -0.2) is 4.79 Å². The molecule has 1 saturated carbocycles. The van der Waals surface area contributed by atoms with Crippen LogP contribution in [0.5, 0.6) is 5.75 Å². The van der Waals surface area contributed by atoms with Crippen LogP contribution in [0.2, 0.25) is 0 Å². The van der Waals surface area contributed by atoms with E-state index < -0.39 is 17.9 Å². The number of rotatable bonds is 5. The molecular weight excluding hydrogens is 270 g/mol. The first-order valence-corrected chi connectivity index (χ1v) is 7.28. The Labute approximate surface area is 124 Å². The number of hydrogen-bond donors (Lipinski definition) is 2. The smallest absolute Gasteiger partial charge is 0.326 e. The molecule has 2 N–H and O–H groups in total. The van der Waals surface area contributed by atoms with Gasteiger partial charge in [-0.05, 0) is 37.1 Å². The summed E-state index contributed by atoms with van der Waals surface area (Å²) >= 11 is 0. The Morgan fingerprint density at radius 2 is 2.00 bits per heavy atom. The predicted octanol–water partition coefficient (Wildman–Crippen LogP) is 2.71. The van der Waals surface area contributed by atoms with Crippen molar-refractivity contribution < 1.29 is 19.4 Å². The SMILES string of the molecule is COc1ccc(NC(C(=O)O)[C@@H]2CCCCCC2=O)cc1. The van der Waals surface area contributed by atoms with Crippen LogP contribution in [0.15, 0.2) is 24.3 Å². The molecule has 1 aromatic carbocycles. The van der Waals surface area contributed by atoms with Crippen molar-refractivity contribution in [3.8, 4) is 5.75 Å². The lowest BCUT2D eigenvalue weighted by atomic mass is 9.90. The maximum atomic E-state index is 12.1. The molecular formula is C16H21NO4. The summed E-state index contributed by atoms with van der Waals surface area (Å²) in [6, 6.07) is 6.17. The number of carboxylic acid groups (broad SMARTS) is 1. The van der Waals surface area contributed by atoms with E-state index in [0.29, 0.717) is 24.3 Å². The summed E-state index contributed by atoms with van der Waals surface area (Å²) in [6.45, 7) is 0. The number of nitrogens with one attached hydrogen (secondary N) is 1. The second-order valence-electron chi connectivity index (χ2n) is 5.36. The number of hydrogen-bond acceptors (Lipinski definition) is 4. The molecule has 0 spiro atoms. The normalized spacial score (nSPS) is 20.4. The van der Waals surface area contributed by atoms with E-state index in [0.717, 1.165) is 19.3 Å². The molecule has 0 aromatic heterocycles. The monoisotopic (exact) mass is 291 g/mol. The van der Waals surface area contributed by atoms with Crippen LogP contribution in [0.25, 0.3) is 0 Å². The number of anilines is 1. The number of aliphatic carboxylic acids is 1. The average Bonchev–Trinajstić information content (AvgIpc) is 2.70. The van der Waals surface area contributed by atoms with Crippen LogP contribution >= 0.6 is 0 Å². The fourth-order valence-electron chi connectivity index (χ4n) is 2.74. The molecule has 0 saturated heterocycles. The Bertz CT molecular complexity index is 498. The Morgan fingerprint density at radius 1 is 1.29 bits per heavy atom. The number of carboxylic acids is 1. The molecule has 0 aliphatic heterocycles. The minimum Gasteiger partial charge on any atom is -0.497 e. The molecule has 0 bridgehead atoms. The molecule has 5 nitrogen and oxygen atoms in total. The molecule has 2 rings (SSSR count). The average molecular weight is 291 g/mol. The molecule has 114 valence electrons. The van der Waals surface area contributed by atoms with Crippen LogP contribution in [-0.4, -0.2) is 30.0 Å². The van der Waals surface area contributed by atoms with E-state index in [1.54, 1.807) is 31.4 Å². The van der Waals surface area contributed by atoms with Gasteiger partial charge in [0, 0.05) is 18.0 Å². The van der Waals surface area contributed by atoms with Crippen molar-refractivity contribution in [2.24, 2.45) is 5.92 Å². The summed E-state index contributed by atoms with van der Waals surface area (Å²) in [5, 5.41) is 12.4. The Hall–Kier alpha value is -2.04. The minimum absolute atomic E-state index is 0.0564. The van der Waals surface area contributed by atoms with Gasteiger partial charge in [-0.1, -0.05) is 12.8 Å². The zero-order chi connectivity index (χ0) is 15.2. The van der Waals surface area contributed by atoms with Gasteiger partial charge in [0.1, 0.15) is 17.6 Å². The number of Topliss-reactive ketones (excluding diaryl/α,β-unsaturated/α-hetero) is 1. The highest BCUT2D eigenvalue weighted by molar-refractivity contribution is 5.90. The van der Waals surface area contributed by atoms with Crippen molar-refractivity contribution in [3.63, 3.8) is 0 Å². The molecule has 0 amide bonds. The molecule has 1 unspecified atom stereocenters. The van der Waals surface area contributed by atoms with Crippen molar-refractivity contribution >= 4 is 17.4 Å². The third-order valence-electron chi connectivity index (χ3n) is 3.93. The van der Waals surface area contributed by atoms with E-state index in [9.17, 15) is 14.7 Å². The Kier molecular flexibility index (Phi) is 5.20. The summed E-state index contributed by atoms with van der Waals surface area (Å²) in [4.78, 5) is 23.7. The summed E-state index contributed by atoms with van der Waals surface area (Å²) in [5.74, 6) is -0.669. The first kappa shape index (κ1) is 15.4. The minimum atomic E-state index is -0.980. The molecule has 0 heterocycles. The van der Waals surface area contributed by atoms with E-state index in [4.69, 9.17) is 4.74 Å². The predicted molar refractivity (Wildman–Crippen MR) is 79.6 cm³/mol. The van der Waals surface area contributed by atoms with Gasteiger partial charge in [0.2, 0.25) is 0 Å². The van der Waals surface area contributed by atoms with Crippen molar-refractivity contribution in [2.45, 2.75) is 38.1 Å². The van der Waals surface area contributed by atoms with Gasteiger partial charge >= 0.3 is 5.97 Å². The molecule has 5 heteroatoms. The van der Waals surface area contributed by atoms with Gasteiger partial charge in [0.25, 0.3) is 0 Å². The standard InChI is InChI=1S/C16H21NO4/c1-21-12-9-7-11(8-10-12)17-15(16(19)20)13-5-3-2-4-6-14(13)18/h7-10,13,15,17H,2-6H2,1H3,(H,19,20)/t13-,15?/m1/s1. The van der Waals surface area contributed by atoms with Crippen LogP contribution in [0.4, 0.5) is 5.69 Å². The van der Waals surface area contributed by atoms with Crippen LogP contribution < -0.4 is 10.1 Å². The lowest BCUT2D eigenvalue weighted by Crippen LogP contribution is -2.40. The highest BCUT2D eigenvalue weighted by Crippen LogP contribution is 2.26. The third-order valence-corrected chi connectivity index (χ3v) is 3.93. The first-order chi connectivity index (χ1) is 10.1. The van der Waals surface area contributed by atoms with Gasteiger partial charge in [-0.3, -0.25) is 4.79 Å². The summed E-state index contributed by atoms with van der Waals surface area (Å²) in [7, 11) is 1.58. The number of ether oxygens (including phenoxy) is 1. The number of benzene rings is 1. The van der Waals surface area contributed by atoms with Gasteiger partial charge in [0.05, 0.1) is 7.11 Å². The molecule has 0 radical (unpaired) electrons. The topological polar surface area (TPSA) is 75.6 Å². The van der Waals surface area contributed by atoms with Crippen LogP contribution in [0.3, 0.4) is 0 Å². The second kappa shape index (κ2) is 7.11. The Balaban J connectivity index is 2.13. The summed E-state index contributed by atoms with van der Waals surface area (Å²) < 4.78 is 5.07. The van der Waals surface area contributed by atoms with Crippen molar-refractivity contribution in [1.29, 1.82) is 0 Å². The first-order valence-electron chi connectivity index (χ1n) is 7.28. The van der Waals surface area contributed by atoms with Gasteiger partial charge in [-0.2, -0.15) is 0 Å². The number of ketones is 1. The van der Waals surface area contributed by atoms with Crippen LogP contribution in [-0.2, 0) is 9.59 Å². The molecule has 21 heavy (non-hydrogen) atoms. The molecule has 1 aliphatic rings. The molecule has 1 aromatic rings. The number of carbonyl (C=O) groups excluding carboxylic acids is 1. The lowest BCUT2D eigenvalue weighted by Gasteiger charge is -2.23. The fourth-order valence-corrected chi connectivity index (χ4v) is 2.74.